The summed E-state index contributed by atoms with van der Waals surface area (Å²) in [6.45, 7) is 8.17. The van der Waals surface area contributed by atoms with E-state index in [2.05, 4.69) is 23.6 Å². The smallest absolute Gasteiger partial charge is 0.230 e. The van der Waals surface area contributed by atoms with E-state index in [4.69, 9.17) is 4.74 Å². The predicted molar refractivity (Wildman–Crippen MR) is 91.3 cm³/mol. The number of nitrogens with zero attached hydrogens (tertiary/aromatic N) is 2. The van der Waals surface area contributed by atoms with Gasteiger partial charge in [-0.15, -0.1) is 6.58 Å². The summed E-state index contributed by atoms with van der Waals surface area (Å²) >= 11 is 0. The van der Waals surface area contributed by atoms with E-state index in [0.717, 1.165) is 51.2 Å². The van der Waals surface area contributed by atoms with E-state index < -0.39 is 0 Å². The van der Waals surface area contributed by atoms with Crippen molar-refractivity contribution in [3.8, 4) is 5.75 Å². The second kappa shape index (κ2) is 6.75. The summed E-state index contributed by atoms with van der Waals surface area (Å²) in [7, 11) is 1.68. The molecular weight excluding hydrogens is 288 g/mol. The van der Waals surface area contributed by atoms with Gasteiger partial charge in [0.25, 0.3) is 0 Å². The van der Waals surface area contributed by atoms with Crippen LogP contribution in [0.25, 0.3) is 0 Å². The molecule has 0 unspecified atom stereocenters. The Morgan fingerprint density at radius 2 is 2.04 bits per heavy atom. The van der Waals surface area contributed by atoms with E-state index >= 15 is 0 Å². The van der Waals surface area contributed by atoms with Crippen LogP contribution in [-0.4, -0.2) is 49.0 Å². The van der Waals surface area contributed by atoms with Crippen LogP contribution in [-0.2, 0) is 11.3 Å². The summed E-state index contributed by atoms with van der Waals surface area (Å²) in [5.41, 5.74) is 1.12. The van der Waals surface area contributed by atoms with Gasteiger partial charge in [-0.25, -0.2) is 0 Å². The fourth-order valence-corrected chi connectivity index (χ4v) is 3.95. The van der Waals surface area contributed by atoms with Crippen LogP contribution >= 0.6 is 0 Å². The molecule has 2 aliphatic rings. The lowest BCUT2D eigenvalue weighted by molar-refractivity contribution is -0.138. The summed E-state index contributed by atoms with van der Waals surface area (Å²) in [6.07, 6.45) is 4.94. The molecule has 1 atom stereocenters. The minimum atomic E-state index is -0.159. The predicted octanol–water partition coefficient (Wildman–Crippen LogP) is 2.70. The topological polar surface area (TPSA) is 32.8 Å². The fourth-order valence-electron chi connectivity index (χ4n) is 3.95. The molecule has 2 aliphatic heterocycles. The van der Waals surface area contributed by atoms with Gasteiger partial charge in [0, 0.05) is 26.2 Å². The van der Waals surface area contributed by atoms with Crippen molar-refractivity contribution in [3.05, 3.63) is 42.5 Å². The van der Waals surface area contributed by atoms with Crippen LogP contribution < -0.4 is 4.74 Å². The number of hydrogen-bond acceptors (Lipinski definition) is 3. The number of carbonyl (C=O) groups excluding carboxylic acids is 1. The summed E-state index contributed by atoms with van der Waals surface area (Å²) < 4.78 is 5.21. The summed E-state index contributed by atoms with van der Waals surface area (Å²) in [6, 6.07) is 8.23. The first kappa shape index (κ1) is 16.1. The van der Waals surface area contributed by atoms with E-state index in [9.17, 15) is 4.79 Å². The number of methoxy groups -OCH3 is 1. The van der Waals surface area contributed by atoms with Crippen LogP contribution in [0.4, 0.5) is 0 Å². The number of ether oxygens (including phenoxy) is 1. The average molecular weight is 314 g/mol. The van der Waals surface area contributed by atoms with Crippen LogP contribution in [0.5, 0.6) is 5.75 Å². The number of amides is 1. The SMILES string of the molecule is C=CCN1CC[C@]2(CCCN(Cc3ccc(OC)cc3)C2)C1=O. The zero-order chi connectivity index (χ0) is 16.3. The van der Waals surface area contributed by atoms with Gasteiger partial charge in [-0.05, 0) is 43.5 Å². The molecule has 0 aromatic heterocycles. The average Bonchev–Trinajstić information content (AvgIpc) is 2.86. The van der Waals surface area contributed by atoms with Gasteiger partial charge >= 0.3 is 0 Å². The van der Waals surface area contributed by atoms with Gasteiger partial charge in [0.1, 0.15) is 5.75 Å². The molecule has 3 rings (SSSR count). The van der Waals surface area contributed by atoms with Crippen LogP contribution in [0.15, 0.2) is 36.9 Å². The summed E-state index contributed by atoms with van der Waals surface area (Å²) in [5.74, 6) is 1.21. The maximum atomic E-state index is 12.8. The second-order valence-corrected chi connectivity index (χ2v) is 6.73. The molecule has 2 saturated heterocycles. The molecule has 1 amide bonds. The number of benzene rings is 1. The Balaban J connectivity index is 1.66. The van der Waals surface area contributed by atoms with Gasteiger partial charge in [-0.2, -0.15) is 0 Å². The molecule has 0 N–H and O–H groups in total. The highest BCUT2D eigenvalue weighted by molar-refractivity contribution is 5.85. The minimum Gasteiger partial charge on any atom is -0.497 e. The monoisotopic (exact) mass is 314 g/mol. The Morgan fingerprint density at radius 3 is 2.74 bits per heavy atom. The van der Waals surface area contributed by atoms with Gasteiger partial charge in [0.15, 0.2) is 0 Å². The number of rotatable bonds is 5. The van der Waals surface area contributed by atoms with Gasteiger partial charge in [0.05, 0.1) is 12.5 Å². The van der Waals surface area contributed by atoms with Crippen molar-refractivity contribution in [3.63, 3.8) is 0 Å². The molecule has 0 radical (unpaired) electrons. The Hall–Kier alpha value is -1.81. The first-order valence-electron chi connectivity index (χ1n) is 8.42. The highest BCUT2D eigenvalue weighted by Crippen LogP contribution is 2.40. The van der Waals surface area contributed by atoms with Crippen molar-refractivity contribution in [1.29, 1.82) is 0 Å². The zero-order valence-electron chi connectivity index (χ0n) is 14.0. The van der Waals surface area contributed by atoms with Gasteiger partial charge in [0.2, 0.25) is 5.91 Å². The number of likely N-dealkylation sites (tertiary alicyclic amines) is 2. The molecule has 0 aliphatic carbocycles. The molecule has 124 valence electrons. The van der Waals surface area contributed by atoms with E-state index in [1.54, 1.807) is 7.11 Å². The minimum absolute atomic E-state index is 0.159. The molecule has 1 spiro atoms. The third-order valence-electron chi connectivity index (χ3n) is 5.17. The van der Waals surface area contributed by atoms with Crippen molar-refractivity contribution in [2.24, 2.45) is 5.41 Å². The van der Waals surface area contributed by atoms with E-state index in [0.29, 0.717) is 12.5 Å². The maximum absolute atomic E-state index is 12.8. The molecule has 2 fully saturated rings. The summed E-state index contributed by atoms with van der Waals surface area (Å²) in [5, 5.41) is 0. The molecule has 23 heavy (non-hydrogen) atoms. The maximum Gasteiger partial charge on any atom is 0.230 e. The molecule has 1 aromatic carbocycles. The lowest BCUT2D eigenvalue weighted by atomic mass is 9.78. The first-order valence-corrected chi connectivity index (χ1v) is 8.42. The van der Waals surface area contributed by atoms with Crippen molar-refractivity contribution in [2.45, 2.75) is 25.8 Å². The standard InChI is InChI=1S/C19H26N2O2/c1-3-11-21-13-10-19(18(21)22)9-4-12-20(15-19)14-16-5-7-17(23-2)8-6-16/h3,5-8H,1,4,9-15H2,2H3/t19-/m0/s1. The van der Waals surface area contributed by atoms with Crippen LogP contribution in [0.3, 0.4) is 0 Å². The molecular formula is C19H26N2O2. The van der Waals surface area contributed by atoms with E-state index in [1.165, 1.54) is 5.56 Å². The molecule has 2 heterocycles. The molecule has 0 bridgehead atoms. The van der Waals surface area contributed by atoms with Crippen LogP contribution in [0, 0.1) is 5.41 Å². The van der Waals surface area contributed by atoms with Crippen LogP contribution in [0.2, 0.25) is 0 Å². The lowest BCUT2D eigenvalue weighted by Crippen LogP contribution is -2.47. The van der Waals surface area contributed by atoms with Crippen molar-refractivity contribution in [1.82, 2.24) is 9.80 Å². The van der Waals surface area contributed by atoms with E-state index in [-0.39, 0.29) is 5.41 Å². The Bertz CT molecular complexity index is 569. The van der Waals surface area contributed by atoms with Gasteiger partial charge in [-0.3, -0.25) is 9.69 Å². The normalized spacial score (nSPS) is 25.1. The number of piperidine rings is 1. The molecule has 0 saturated carbocycles. The largest absolute Gasteiger partial charge is 0.497 e. The van der Waals surface area contributed by atoms with Crippen LogP contribution in [0.1, 0.15) is 24.8 Å². The highest BCUT2D eigenvalue weighted by atomic mass is 16.5. The van der Waals surface area contributed by atoms with Gasteiger partial charge in [-0.1, -0.05) is 18.2 Å². The molecule has 1 aromatic rings. The highest BCUT2D eigenvalue weighted by Gasteiger charge is 2.48. The quantitative estimate of drug-likeness (QED) is 0.784. The van der Waals surface area contributed by atoms with Crippen molar-refractivity contribution in [2.75, 3.05) is 33.3 Å². The fraction of sp³-hybridized carbons (Fsp3) is 0.526. The second-order valence-electron chi connectivity index (χ2n) is 6.73. The lowest BCUT2D eigenvalue weighted by Gasteiger charge is -2.39. The summed E-state index contributed by atoms with van der Waals surface area (Å²) in [4.78, 5) is 17.2. The molecule has 4 nitrogen and oxygen atoms in total. The van der Waals surface area contributed by atoms with Gasteiger partial charge < -0.3 is 9.64 Å². The third-order valence-corrected chi connectivity index (χ3v) is 5.17. The Morgan fingerprint density at radius 1 is 1.26 bits per heavy atom. The Labute approximate surface area is 138 Å². The number of hydrogen-bond donors (Lipinski definition) is 0. The zero-order valence-corrected chi connectivity index (χ0v) is 14.0. The van der Waals surface area contributed by atoms with Crippen molar-refractivity contribution < 1.29 is 9.53 Å². The van der Waals surface area contributed by atoms with E-state index in [1.807, 2.05) is 23.1 Å². The Kier molecular flexibility index (Phi) is 4.71. The van der Waals surface area contributed by atoms with Crippen molar-refractivity contribution >= 4 is 5.91 Å². The first-order chi connectivity index (χ1) is 11.2. The molecule has 4 heteroatoms. The third kappa shape index (κ3) is 3.27. The number of carbonyl (C=O) groups is 1.